The van der Waals surface area contributed by atoms with E-state index in [1.165, 1.54) is 10.9 Å². The van der Waals surface area contributed by atoms with Crippen LogP contribution in [-0.2, 0) is 4.74 Å². The smallest absolute Gasteiger partial charge is 0.167 e. The fraction of sp³-hybridized carbons (Fsp3) is 0.208. The van der Waals surface area contributed by atoms with Gasteiger partial charge < -0.3 is 20.3 Å². The molecule has 33 heavy (non-hydrogen) atoms. The molecule has 0 amide bonds. The highest BCUT2D eigenvalue weighted by Gasteiger charge is 2.14. The summed E-state index contributed by atoms with van der Waals surface area (Å²) >= 11 is 0. The Morgan fingerprint density at radius 2 is 1.76 bits per heavy atom. The van der Waals surface area contributed by atoms with Gasteiger partial charge in [0.2, 0.25) is 0 Å². The highest BCUT2D eigenvalue weighted by molar-refractivity contribution is 5.61. The fourth-order valence-electron chi connectivity index (χ4n) is 3.62. The van der Waals surface area contributed by atoms with Crippen molar-refractivity contribution in [2.24, 2.45) is 0 Å². The van der Waals surface area contributed by atoms with Gasteiger partial charge in [0, 0.05) is 36.6 Å². The van der Waals surface area contributed by atoms with Crippen LogP contribution in [0.1, 0.15) is 5.56 Å². The molecule has 4 heterocycles. The summed E-state index contributed by atoms with van der Waals surface area (Å²) in [4.78, 5) is 10.9. The van der Waals surface area contributed by atoms with Crippen molar-refractivity contribution in [2.75, 3.05) is 41.8 Å². The van der Waals surface area contributed by atoms with Gasteiger partial charge in [0.25, 0.3) is 0 Å². The van der Waals surface area contributed by atoms with Gasteiger partial charge in [-0.15, -0.1) is 5.10 Å². The minimum Gasteiger partial charge on any atom is -0.378 e. The molecule has 1 aromatic carbocycles. The van der Waals surface area contributed by atoms with Crippen molar-refractivity contribution in [3.63, 3.8) is 0 Å². The van der Waals surface area contributed by atoms with Crippen LogP contribution in [0.5, 0.6) is 0 Å². The van der Waals surface area contributed by atoms with Crippen LogP contribution in [0.15, 0.2) is 67.1 Å². The lowest BCUT2D eigenvalue weighted by atomic mass is 10.3. The second kappa shape index (κ2) is 9.25. The van der Waals surface area contributed by atoms with Gasteiger partial charge in [0.05, 0.1) is 31.3 Å². The Labute approximate surface area is 191 Å². The largest absolute Gasteiger partial charge is 0.378 e. The van der Waals surface area contributed by atoms with E-state index in [1.807, 2.05) is 49.4 Å². The number of anilines is 5. The molecule has 0 saturated carbocycles. The minimum absolute atomic E-state index is 0.301. The van der Waals surface area contributed by atoms with Crippen LogP contribution in [0, 0.1) is 12.7 Å². The normalized spacial score (nSPS) is 13.7. The molecule has 9 heteroatoms. The molecule has 3 aromatic heterocycles. The fourth-order valence-corrected chi connectivity index (χ4v) is 3.62. The topological polar surface area (TPSA) is 80.1 Å². The first-order chi connectivity index (χ1) is 16.2. The van der Waals surface area contributed by atoms with Gasteiger partial charge in [-0.25, -0.2) is 19.0 Å². The number of hydrogen-bond donors (Lipinski definition) is 2. The molecule has 0 spiro atoms. The summed E-state index contributed by atoms with van der Waals surface area (Å²) in [5.74, 6) is 1.60. The summed E-state index contributed by atoms with van der Waals surface area (Å²) < 4.78 is 21.5. The lowest BCUT2D eigenvalue weighted by molar-refractivity contribution is 0.122. The highest BCUT2D eigenvalue weighted by atomic mass is 19.1. The third-order valence-electron chi connectivity index (χ3n) is 5.37. The average molecular weight is 446 g/mol. The van der Waals surface area contributed by atoms with Crippen molar-refractivity contribution >= 4 is 28.8 Å². The third kappa shape index (κ3) is 4.78. The molecule has 0 bridgehead atoms. The Morgan fingerprint density at radius 1 is 0.939 bits per heavy atom. The molecule has 0 radical (unpaired) electrons. The van der Waals surface area contributed by atoms with Crippen LogP contribution in [0.4, 0.5) is 33.2 Å². The Balaban J connectivity index is 1.34. The highest BCUT2D eigenvalue weighted by Crippen LogP contribution is 2.24. The van der Waals surface area contributed by atoms with Crippen LogP contribution < -0.4 is 15.5 Å². The number of ether oxygens (including phenoxy) is 1. The number of pyridine rings is 2. The molecule has 1 saturated heterocycles. The Morgan fingerprint density at radius 3 is 2.52 bits per heavy atom. The first-order valence-corrected chi connectivity index (χ1v) is 10.8. The lowest BCUT2D eigenvalue weighted by Crippen LogP contribution is -2.36. The predicted molar refractivity (Wildman–Crippen MR) is 126 cm³/mol. The van der Waals surface area contributed by atoms with Crippen LogP contribution in [0.3, 0.4) is 0 Å². The molecule has 168 valence electrons. The number of aromatic nitrogens is 4. The van der Waals surface area contributed by atoms with Crippen molar-refractivity contribution in [1.29, 1.82) is 0 Å². The average Bonchev–Trinajstić information content (AvgIpc) is 3.22. The van der Waals surface area contributed by atoms with Gasteiger partial charge in [-0.1, -0.05) is 18.2 Å². The maximum absolute atomic E-state index is 14.6. The molecule has 0 atom stereocenters. The van der Waals surface area contributed by atoms with E-state index < -0.39 is 5.82 Å². The quantitative estimate of drug-likeness (QED) is 0.454. The molecule has 4 aromatic rings. The Kier molecular flexibility index (Phi) is 5.86. The van der Waals surface area contributed by atoms with Crippen LogP contribution in [-0.4, -0.2) is 46.1 Å². The Hall–Kier alpha value is -3.98. The monoisotopic (exact) mass is 445 g/mol. The molecule has 8 nitrogen and oxygen atoms in total. The second-order valence-corrected chi connectivity index (χ2v) is 7.75. The molecule has 2 N–H and O–H groups in total. The molecule has 0 aliphatic carbocycles. The first kappa shape index (κ1) is 20.9. The number of nitrogens with one attached hydrogen (secondary N) is 2. The molecular formula is C24H24FN7O. The Bertz CT molecular complexity index is 1220. The zero-order valence-electron chi connectivity index (χ0n) is 18.2. The number of nitrogens with zero attached hydrogens (tertiary/aromatic N) is 5. The number of hydrogen-bond acceptors (Lipinski definition) is 7. The van der Waals surface area contributed by atoms with Gasteiger partial charge in [-0.2, -0.15) is 0 Å². The summed E-state index contributed by atoms with van der Waals surface area (Å²) in [5.41, 5.74) is 2.87. The standard InChI is InChI=1S/C24H24FN7O/c1-17-16-32(30-24(17)29-18-5-3-2-4-6-18)21-13-22(26-15-20(21)25)28-19-7-8-23(27-14-19)31-9-11-33-12-10-31/h2-8,13-16H,9-12H2,1H3,(H,26,28)(H,29,30). The number of benzene rings is 1. The second-order valence-electron chi connectivity index (χ2n) is 7.75. The molecule has 1 aliphatic rings. The number of morpholine rings is 1. The van der Waals surface area contributed by atoms with E-state index in [-0.39, 0.29) is 0 Å². The zero-order chi connectivity index (χ0) is 22.6. The van der Waals surface area contributed by atoms with E-state index in [4.69, 9.17) is 4.74 Å². The van der Waals surface area contributed by atoms with Crippen LogP contribution in [0.25, 0.3) is 5.69 Å². The van der Waals surface area contributed by atoms with Crippen molar-refractivity contribution in [3.05, 3.63) is 78.5 Å². The van der Waals surface area contributed by atoms with E-state index in [1.54, 1.807) is 18.5 Å². The van der Waals surface area contributed by atoms with Crippen LogP contribution in [0.2, 0.25) is 0 Å². The van der Waals surface area contributed by atoms with E-state index in [0.29, 0.717) is 30.5 Å². The SMILES string of the molecule is Cc1cn(-c2cc(Nc3ccc(N4CCOCC4)nc3)ncc2F)nc1Nc1ccccc1. The summed E-state index contributed by atoms with van der Waals surface area (Å²) in [6.07, 6.45) is 4.72. The number of para-hydroxylation sites is 1. The molecule has 1 fully saturated rings. The maximum atomic E-state index is 14.6. The molecule has 0 unspecified atom stereocenters. The number of rotatable bonds is 6. The summed E-state index contributed by atoms with van der Waals surface area (Å²) in [7, 11) is 0. The van der Waals surface area contributed by atoms with Gasteiger partial charge in [-0.3, -0.25) is 0 Å². The lowest BCUT2D eigenvalue weighted by Gasteiger charge is -2.27. The number of aryl methyl sites for hydroxylation is 1. The van der Waals surface area contributed by atoms with Crippen molar-refractivity contribution in [3.8, 4) is 5.69 Å². The van der Waals surface area contributed by atoms with E-state index in [2.05, 4.69) is 30.6 Å². The first-order valence-electron chi connectivity index (χ1n) is 10.8. The van der Waals surface area contributed by atoms with Crippen molar-refractivity contribution in [2.45, 2.75) is 6.92 Å². The predicted octanol–water partition coefficient (Wildman–Crippen LogP) is 4.43. The van der Waals surface area contributed by atoms with E-state index in [0.717, 1.165) is 35.8 Å². The van der Waals surface area contributed by atoms with Gasteiger partial charge in [0.1, 0.15) is 17.3 Å². The summed E-state index contributed by atoms with van der Waals surface area (Å²) in [6, 6.07) is 15.2. The minimum atomic E-state index is -0.463. The van der Waals surface area contributed by atoms with Gasteiger partial charge in [0.15, 0.2) is 11.6 Å². The zero-order valence-corrected chi connectivity index (χ0v) is 18.2. The number of halogens is 1. The molecular weight excluding hydrogens is 421 g/mol. The summed E-state index contributed by atoms with van der Waals surface area (Å²) in [6.45, 7) is 4.99. The van der Waals surface area contributed by atoms with Crippen molar-refractivity contribution in [1.82, 2.24) is 19.7 Å². The van der Waals surface area contributed by atoms with Crippen molar-refractivity contribution < 1.29 is 9.13 Å². The van der Waals surface area contributed by atoms with E-state index in [9.17, 15) is 4.39 Å². The van der Waals surface area contributed by atoms with Crippen LogP contribution >= 0.6 is 0 Å². The molecule has 5 rings (SSSR count). The van der Waals surface area contributed by atoms with E-state index >= 15 is 0 Å². The van der Waals surface area contributed by atoms with Gasteiger partial charge in [-0.05, 0) is 31.2 Å². The summed E-state index contributed by atoms with van der Waals surface area (Å²) in [5, 5.41) is 11.0. The third-order valence-corrected chi connectivity index (χ3v) is 5.37. The van der Waals surface area contributed by atoms with Gasteiger partial charge >= 0.3 is 0 Å². The maximum Gasteiger partial charge on any atom is 0.167 e. The molecule has 1 aliphatic heterocycles.